The normalized spacial score (nSPS) is 15.3. The van der Waals surface area contributed by atoms with E-state index in [4.69, 9.17) is 9.52 Å². The predicted molar refractivity (Wildman–Crippen MR) is 108 cm³/mol. The maximum atomic E-state index is 10.7. The molecule has 27 heavy (non-hydrogen) atoms. The molecule has 1 aromatic carbocycles. The first-order valence-electron chi connectivity index (χ1n) is 9.51. The largest absolute Gasteiger partial charge is 0.459 e. The van der Waals surface area contributed by atoms with Crippen molar-refractivity contribution in [3.63, 3.8) is 0 Å². The number of furan rings is 1. The molecular weight excluding hydrogens is 340 g/mol. The van der Waals surface area contributed by atoms with Gasteiger partial charge in [0, 0.05) is 5.92 Å². The Hall–Kier alpha value is -2.14. The van der Waals surface area contributed by atoms with Gasteiger partial charge >= 0.3 is 0 Å². The van der Waals surface area contributed by atoms with E-state index in [1.165, 1.54) is 5.57 Å². The SMILES string of the molecule is C=C[C@H]([C@H](O)CC/C(=C/c1ccc(CO)o1)CCC)[C@H](O)c1ccccc1. The summed E-state index contributed by atoms with van der Waals surface area (Å²) in [5.41, 5.74) is 1.95. The Balaban J connectivity index is 2.02. The minimum absolute atomic E-state index is 0.117. The summed E-state index contributed by atoms with van der Waals surface area (Å²) in [5, 5.41) is 30.4. The molecule has 0 bridgehead atoms. The fourth-order valence-electron chi connectivity index (χ4n) is 3.24. The van der Waals surface area contributed by atoms with E-state index in [2.05, 4.69) is 13.5 Å². The van der Waals surface area contributed by atoms with Crippen LogP contribution < -0.4 is 0 Å². The molecule has 4 nitrogen and oxygen atoms in total. The summed E-state index contributed by atoms with van der Waals surface area (Å²) in [4.78, 5) is 0. The van der Waals surface area contributed by atoms with Crippen molar-refractivity contribution in [2.75, 3.05) is 0 Å². The second-order valence-corrected chi connectivity index (χ2v) is 6.79. The van der Waals surface area contributed by atoms with E-state index >= 15 is 0 Å². The maximum Gasteiger partial charge on any atom is 0.130 e. The molecule has 2 aromatic rings. The van der Waals surface area contributed by atoms with Gasteiger partial charge in [0.25, 0.3) is 0 Å². The number of hydrogen-bond acceptors (Lipinski definition) is 4. The second kappa shape index (κ2) is 10.9. The molecule has 4 heteroatoms. The van der Waals surface area contributed by atoms with Gasteiger partial charge in [0.2, 0.25) is 0 Å². The summed E-state index contributed by atoms with van der Waals surface area (Å²) >= 11 is 0. The van der Waals surface area contributed by atoms with E-state index in [0.717, 1.165) is 18.4 Å². The highest BCUT2D eigenvalue weighted by molar-refractivity contribution is 5.47. The molecular formula is C23H30O4. The molecule has 0 saturated heterocycles. The summed E-state index contributed by atoms with van der Waals surface area (Å²) in [5.74, 6) is 0.816. The van der Waals surface area contributed by atoms with Crippen LogP contribution in [-0.2, 0) is 6.61 Å². The summed E-state index contributed by atoms with van der Waals surface area (Å²) in [6.07, 6.45) is 5.26. The van der Waals surface area contributed by atoms with Crippen LogP contribution >= 0.6 is 0 Å². The van der Waals surface area contributed by atoms with Crippen molar-refractivity contribution in [2.24, 2.45) is 5.92 Å². The lowest BCUT2D eigenvalue weighted by atomic mass is 9.87. The van der Waals surface area contributed by atoms with E-state index in [9.17, 15) is 10.2 Å². The summed E-state index contributed by atoms with van der Waals surface area (Å²) < 4.78 is 5.54. The average Bonchev–Trinajstić information content (AvgIpc) is 3.15. The first-order chi connectivity index (χ1) is 13.1. The highest BCUT2D eigenvalue weighted by Gasteiger charge is 2.25. The van der Waals surface area contributed by atoms with Crippen LogP contribution in [0.3, 0.4) is 0 Å². The van der Waals surface area contributed by atoms with Gasteiger partial charge in [-0.05, 0) is 43.0 Å². The molecule has 0 radical (unpaired) electrons. The third kappa shape index (κ3) is 6.21. The van der Waals surface area contributed by atoms with Crippen LogP contribution in [0.25, 0.3) is 6.08 Å². The third-order valence-corrected chi connectivity index (χ3v) is 4.74. The minimum atomic E-state index is -0.783. The Bertz CT molecular complexity index is 717. The number of allylic oxidation sites excluding steroid dienone is 1. The Labute approximate surface area is 161 Å². The van der Waals surface area contributed by atoms with Crippen molar-refractivity contribution in [3.8, 4) is 0 Å². The number of rotatable bonds is 11. The quantitative estimate of drug-likeness (QED) is 0.504. The van der Waals surface area contributed by atoms with E-state index < -0.39 is 18.1 Å². The fraction of sp³-hybridized carbons (Fsp3) is 0.391. The number of hydrogen-bond donors (Lipinski definition) is 3. The molecule has 1 heterocycles. The Morgan fingerprint density at radius 2 is 1.85 bits per heavy atom. The smallest absolute Gasteiger partial charge is 0.130 e. The van der Waals surface area contributed by atoms with Crippen molar-refractivity contribution >= 4 is 6.08 Å². The second-order valence-electron chi connectivity index (χ2n) is 6.79. The van der Waals surface area contributed by atoms with Crippen molar-refractivity contribution in [2.45, 2.75) is 51.4 Å². The topological polar surface area (TPSA) is 73.8 Å². The fourth-order valence-corrected chi connectivity index (χ4v) is 3.24. The van der Waals surface area contributed by atoms with Crippen LogP contribution in [0, 0.1) is 5.92 Å². The molecule has 0 amide bonds. The van der Waals surface area contributed by atoms with Crippen LogP contribution in [0.2, 0.25) is 0 Å². The molecule has 0 spiro atoms. The van der Waals surface area contributed by atoms with Crippen LogP contribution in [-0.4, -0.2) is 21.4 Å². The Morgan fingerprint density at radius 1 is 1.11 bits per heavy atom. The van der Waals surface area contributed by atoms with Gasteiger partial charge in [0.05, 0.1) is 12.2 Å². The number of aliphatic hydroxyl groups excluding tert-OH is 3. The number of benzene rings is 1. The zero-order valence-electron chi connectivity index (χ0n) is 15.9. The van der Waals surface area contributed by atoms with E-state index in [1.807, 2.05) is 42.5 Å². The molecule has 3 N–H and O–H groups in total. The summed E-state index contributed by atoms with van der Waals surface area (Å²) in [6, 6.07) is 12.9. The Morgan fingerprint density at radius 3 is 2.44 bits per heavy atom. The average molecular weight is 370 g/mol. The van der Waals surface area contributed by atoms with Gasteiger partial charge in [0.1, 0.15) is 18.1 Å². The Kier molecular flexibility index (Phi) is 8.52. The lowest BCUT2D eigenvalue weighted by Gasteiger charge is -2.25. The molecule has 3 atom stereocenters. The lowest BCUT2D eigenvalue weighted by molar-refractivity contribution is 0.0318. The lowest BCUT2D eigenvalue weighted by Crippen LogP contribution is -2.25. The van der Waals surface area contributed by atoms with E-state index in [1.54, 1.807) is 12.1 Å². The van der Waals surface area contributed by atoms with Crippen molar-refractivity contribution in [1.82, 2.24) is 0 Å². The zero-order valence-corrected chi connectivity index (χ0v) is 15.9. The molecule has 0 unspecified atom stereocenters. The highest BCUT2D eigenvalue weighted by Crippen LogP contribution is 2.29. The van der Waals surface area contributed by atoms with Crippen LogP contribution in [0.1, 0.15) is 55.8 Å². The molecule has 0 aliphatic rings. The van der Waals surface area contributed by atoms with Gasteiger partial charge in [-0.25, -0.2) is 0 Å². The zero-order chi connectivity index (χ0) is 19.6. The monoisotopic (exact) mass is 370 g/mol. The van der Waals surface area contributed by atoms with Crippen molar-refractivity contribution in [3.05, 3.63) is 77.8 Å². The predicted octanol–water partition coefficient (Wildman–Crippen LogP) is 4.63. The van der Waals surface area contributed by atoms with Gasteiger partial charge in [-0.2, -0.15) is 0 Å². The molecule has 0 fully saturated rings. The summed E-state index contributed by atoms with van der Waals surface area (Å²) in [7, 11) is 0. The van der Waals surface area contributed by atoms with Crippen molar-refractivity contribution in [1.29, 1.82) is 0 Å². The van der Waals surface area contributed by atoms with Gasteiger partial charge in [-0.1, -0.05) is 55.3 Å². The van der Waals surface area contributed by atoms with E-state index in [0.29, 0.717) is 24.4 Å². The van der Waals surface area contributed by atoms with Gasteiger partial charge in [-0.3, -0.25) is 0 Å². The molecule has 0 aliphatic carbocycles. The third-order valence-electron chi connectivity index (χ3n) is 4.74. The summed E-state index contributed by atoms with van der Waals surface area (Å²) in [6.45, 7) is 5.79. The number of aliphatic hydroxyl groups is 3. The van der Waals surface area contributed by atoms with Crippen LogP contribution in [0.4, 0.5) is 0 Å². The highest BCUT2D eigenvalue weighted by atomic mass is 16.4. The molecule has 1 aromatic heterocycles. The maximum absolute atomic E-state index is 10.7. The van der Waals surface area contributed by atoms with E-state index in [-0.39, 0.29) is 6.61 Å². The molecule has 0 aliphatic heterocycles. The first kappa shape index (κ1) is 21.2. The van der Waals surface area contributed by atoms with Crippen LogP contribution in [0.15, 0.2) is 65.1 Å². The van der Waals surface area contributed by atoms with Gasteiger partial charge in [0.15, 0.2) is 0 Å². The minimum Gasteiger partial charge on any atom is -0.459 e. The van der Waals surface area contributed by atoms with Gasteiger partial charge < -0.3 is 19.7 Å². The molecule has 2 rings (SSSR count). The molecule has 146 valence electrons. The van der Waals surface area contributed by atoms with Crippen LogP contribution in [0.5, 0.6) is 0 Å². The first-order valence-corrected chi connectivity index (χ1v) is 9.51. The van der Waals surface area contributed by atoms with Gasteiger partial charge in [-0.15, -0.1) is 6.58 Å². The molecule has 0 saturated carbocycles. The van der Waals surface area contributed by atoms with Crippen molar-refractivity contribution < 1.29 is 19.7 Å². The standard InChI is InChI=1S/C23H30O4/c1-3-8-17(15-19-12-13-20(16-24)27-19)11-14-22(25)21(4-2)23(26)18-9-6-5-7-10-18/h4-7,9-10,12-13,15,21-26H,2-3,8,11,14,16H2,1H3/b17-15+/t21-,22-,23-/m1/s1.